The van der Waals surface area contributed by atoms with Gasteiger partial charge in [-0.2, -0.15) is 0 Å². The predicted octanol–water partition coefficient (Wildman–Crippen LogP) is 3.24. The number of carbonyl (C=O) groups excluding carboxylic acids is 5. The number of likely N-dealkylation sites (tertiary alicyclic amines) is 1. The van der Waals surface area contributed by atoms with Crippen LogP contribution in [0.2, 0.25) is 0 Å². The molecule has 1 aromatic carbocycles. The van der Waals surface area contributed by atoms with Gasteiger partial charge < -0.3 is 54.2 Å². The molecule has 16 heteroatoms. The summed E-state index contributed by atoms with van der Waals surface area (Å²) in [4.78, 5) is 72.6. The summed E-state index contributed by atoms with van der Waals surface area (Å²) >= 11 is 0. The lowest BCUT2D eigenvalue weighted by molar-refractivity contribution is -0.151. The Morgan fingerprint density at radius 3 is 1.97 bits per heavy atom. The van der Waals surface area contributed by atoms with Crippen LogP contribution in [0, 0.1) is 23.7 Å². The first-order valence-corrected chi connectivity index (χ1v) is 22.3. The highest BCUT2D eigenvalue weighted by Crippen LogP contribution is 2.30. The molecule has 62 heavy (non-hydrogen) atoms. The first-order chi connectivity index (χ1) is 29.6. The predicted molar refractivity (Wildman–Crippen MR) is 237 cm³/mol. The van der Waals surface area contributed by atoms with E-state index >= 15 is 0 Å². The smallest absolute Gasteiger partial charge is 0.329 e. The fraction of sp³-hybridized carbons (Fsp3) is 0.761. The summed E-state index contributed by atoms with van der Waals surface area (Å²) in [6.07, 6.45) is 0.880. The van der Waals surface area contributed by atoms with Gasteiger partial charge in [0.05, 0.1) is 75.7 Å². The lowest BCUT2D eigenvalue weighted by atomic mass is 9.89. The van der Waals surface area contributed by atoms with Crippen LogP contribution in [0.3, 0.4) is 0 Å². The number of hydrogen-bond donors (Lipinski definition) is 3. The molecule has 9 atom stereocenters. The minimum Gasteiger partial charge on any atom is -0.462 e. The Labute approximate surface area is 371 Å². The van der Waals surface area contributed by atoms with E-state index in [1.54, 1.807) is 45.0 Å². The number of carbonyl (C=O) groups is 5. The number of nitrogens with one attached hydrogen (secondary N) is 3. The van der Waals surface area contributed by atoms with Crippen molar-refractivity contribution < 1.29 is 52.4 Å². The summed E-state index contributed by atoms with van der Waals surface area (Å²) in [5.74, 6) is -2.67. The molecular formula is C46H79N5O11. The van der Waals surface area contributed by atoms with E-state index in [2.05, 4.69) is 16.0 Å². The van der Waals surface area contributed by atoms with Gasteiger partial charge in [0.2, 0.25) is 23.6 Å². The first kappa shape index (κ1) is 54.5. The Morgan fingerprint density at radius 1 is 0.806 bits per heavy atom. The van der Waals surface area contributed by atoms with E-state index in [9.17, 15) is 24.0 Å². The van der Waals surface area contributed by atoms with E-state index in [-0.39, 0.29) is 61.5 Å². The van der Waals surface area contributed by atoms with Crippen LogP contribution in [0.25, 0.3) is 0 Å². The normalized spacial score (nSPS) is 18.0. The molecule has 2 rings (SSSR count). The summed E-state index contributed by atoms with van der Waals surface area (Å²) in [6.45, 7) is 15.8. The van der Waals surface area contributed by atoms with Crippen molar-refractivity contribution in [1.29, 1.82) is 0 Å². The number of benzene rings is 1. The zero-order chi connectivity index (χ0) is 46.4. The Hall–Kier alpha value is -3.67. The number of ether oxygens (including phenoxy) is 6. The van der Waals surface area contributed by atoms with Gasteiger partial charge in [-0.1, -0.05) is 85.2 Å². The van der Waals surface area contributed by atoms with E-state index in [4.69, 9.17) is 28.4 Å². The average molecular weight is 878 g/mol. The molecule has 0 saturated carbocycles. The highest BCUT2D eigenvalue weighted by molar-refractivity contribution is 5.90. The van der Waals surface area contributed by atoms with Crippen LogP contribution in [0.5, 0.6) is 0 Å². The molecule has 4 amide bonds. The second-order valence-electron chi connectivity index (χ2n) is 17.0. The number of esters is 1. The molecule has 1 aliphatic rings. The van der Waals surface area contributed by atoms with Crippen LogP contribution in [0.1, 0.15) is 79.7 Å². The van der Waals surface area contributed by atoms with Crippen LogP contribution >= 0.6 is 0 Å². The van der Waals surface area contributed by atoms with E-state index in [0.717, 1.165) is 5.56 Å². The zero-order valence-corrected chi connectivity index (χ0v) is 39.6. The number of hydrogen-bond acceptors (Lipinski definition) is 12. The lowest BCUT2D eigenvalue weighted by Crippen LogP contribution is -2.59. The minimum atomic E-state index is -0.980. The molecule has 0 radical (unpaired) electrons. The van der Waals surface area contributed by atoms with Crippen molar-refractivity contribution in [3.8, 4) is 0 Å². The molecule has 0 aliphatic carbocycles. The van der Waals surface area contributed by atoms with E-state index in [1.165, 1.54) is 7.11 Å². The third kappa shape index (κ3) is 16.8. The van der Waals surface area contributed by atoms with Crippen LogP contribution < -0.4 is 16.0 Å². The van der Waals surface area contributed by atoms with Gasteiger partial charge in [-0.3, -0.25) is 19.2 Å². The number of rotatable bonds is 30. The Bertz CT molecular complexity index is 1480. The monoisotopic (exact) mass is 878 g/mol. The second kappa shape index (κ2) is 28.9. The lowest BCUT2D eigenvalue weighted by Gasteiger charge is -2.41. The molecule has 0 spiro atoms. The third-order valence-corrected chi connectivity index (χ3v) is 11.9. The molecule has 1 heterocycles. The van der Waals surface area contributed by atoms with E-state index in [1.807, 2.05) is 71.9 Å². The van der Waals surface area contributed by atoms with E-state index < -0.39 is 60.2 Å². The van der Waals surface area contributed by atoms with Crippen molar-refractivity contribution in [1.82, 2.24) is 25.8 Å². The van der Waals surface area contributed by atoms with Crippen LogP contribution in [0.4, 0.5) is 0 Å². The molecule has 0 bridgehead atoms. The van der Waals surface area contributed by atoms with Crippen molar-refractivity contribution in [3.63, 3.8) is 0 Å². The molecule has 16 nitrogen and oxygen atoms in total. The summed E-state index contributed by atoms with van der Waals surface area (Å²) in [7, 11) is 8.11. The molecule has 0 aromatic heterocycles. The fourth-order valence-electron chi connectivity index (χ4n) is 8.16. The Morgan fingerprint density at radius 2 is 1.42 bits per heavy atom. The van der Waals surface area contributed by atoms with Crippen LogP contribution in [-0.4, -0.2) is 163 Å². The molecule has 1 saturated heterocycles. The minimum absolute atomic E-state index is 0.00202. The second-order valence-corrected chi connectivity index (χ2v) is 17.0. The molecule has 354 valence electrons. The quantitative estimate of drug-likeness (QED) is 0.0760. The maximum Gasteiger partial charge on any atom is 0.329 e. The van der Waals surface area contributed by atoms with Crippen molar-refractivity contribution in [2.24, 2.45) is 23.7 Å². The van der Waals surface area contributed by atoms with Crippen molar-refractivity contribution in [2.45, 2.75) is 123 Å². The molecule has 1 aliphatic heterocycles. The van der Waals surface area contributed by atoms with Crippen molar-refractivity contribution >= 4 is 29.6 Å². The summed E-state index contributed by atoms with van der Waals surface area (Å²) in [6, 6.07) is 6.22. The van der Waals surface area contributed by atoms with Gasteiger partial charge in [0, 0.05) is 41.3 Å². The fourth-order valence-corrected chi connectivity index (χ4v) is 8.16. The largest absolute Gasteiger partial charge is 0.462 e. The molecule has 3 N–H and O–H groups in total. The van der Waals surface area contributed by atoms with Gasteiger partial charge in [-0.25, -0.2) is 4.79 Å². The molecular weight excluding hydrogens is 799 g/mol. The molecule has 1 fully saturated rings. The van der Waals surface area contributed by atoms with Gasteiger partial charge >= 0.3 is 5.97 Å². The van der Waals surface area contributed by atoms with Gasteiger partial charge in [-0.05, 0) is 43.2 Å². The van der Waals surface area contributed by atoms with Crippen LogP contribution in [-0.2, 0) is 58.8 Å². The number of nitrogens with zero attached hydrogens (tertiary/aromatic N) is 2. The Balaban J connectivity index is 2.22. The van der Waals surface area contributed by atoms with Crippen molar-refractivity contribution in [3.05, 3.63) is 35.9 Å². The summed E-state index contributed by atoms with van der Waals surface area (Å²) in [5.41, 5.74) is 0.844. The third-order valence-electron chi connectivity index (χ3n) is 11.9. The van der Waals surface area contributed by atoms with Gasteiger partial charge in [-0.15, -0.1) is 0 Å². The first-order valence-electron chi connectivity index (χ1n) is 22.3. The Kier molecular flexibility index (Phi) is 25.4. The number of amides is 4. The summed E-state index contributed by atoms with van der Waals surface area (Å²) in [5, 5.41) is 8.95. The number of methoxy groups -OCH3 is 3. The molecule has 8 unspecified atom stereocenters. The number of likely N-dealkylation sites (N-methyl/N-ethyl adjacent to an activating group) is 2. The zero-order valence-electron chi connectivity index (χ0n) is 39.6. The summed E-state index contributed by atoms with van der Waals surface area (Å²) < 4.78 is 33.4. The van der Waals surface area contributed by atoms with Gasteiger partial charge in [0.15, 0.2) is 0 Å². The SMILES string of the molecule is CCC(C)C(C(CC(=O)N1CCCC1C(OC)C(C)C(=O)NC(Cc1ccccc1)C(=O)OCCOCCOCCOC)OC)N(C)C(=O)[C@@H](NC(=O)C(NC)C(C)C)C(C)C. The van der Waals surface area contributed by atoms with E-state index in [0.29, 0.717) is 52.2 Å². The molecule has 1 aromatic rings. The highest BCUT2D eigenvalue weighted by Gasteiger charge is 2.43. The average Bonchev–Trinajstić information content (AvgIpc) is 3.74. The van der Waals surface area contributed by atoms with Gasteiger partial charge in [0.25, 0.3) is 0 Å². The van der Waals surface area contributed by atoms with Crippen molar-refractivity contribution in [2.75, 3.05) is 81.6 Å². The van der Waals surface area contributed by atoms with Gasteiger partial charge in [0.1, 0.15) is 18.7 Å². The highest BCUT2D eigenvalue weighted by atomic mass is 16.6. The maximum absolute atomic E-state index is 14.3. The standard InChI is InChI=1S/C46H79N5O11/c1-13-32(6)41(50(9)45(55)40(31(4)5)49-44(54)39(47-8)30(2)3)37(58-11)29-38(52)51-21-17-20-36(51)42(59-12)33(7)43(53)48-35(28-34-18-15-14-16-19-34)46(56)62-27-26-61-25-24-60-23-22-57-10/h14-16,18-19,30-33,35-37,39-42,47H,13,17,20-29H2,1-12H3,(H,48,53)(H,49,54)/t32?,33?,35?,36?,37?,39?,40-,41?,42?/m0/s1. The van der Waals surface area contributed by atoms with Crippen LogP contribution in [0.15, 0.2) is 30.3 Å². The topological polar surface area (TPSA) is 183 Å². The maximum atomic E-state index is 14.3.